The molecule has 1 nitrogen and oxygen atoms in total. The van der Waals surface area contributed by atoms with E-state index in [2.05, 4.69) is 103 Å². The average molecular weight is 444 g/mol. The molecule has 0 bridgehead atoms. The van der Waals surface area contributed by atoms with Crippen molar-refractivity contribution in [2.45, 2.75) is 0 Å². The topological polar surface area (TPSA) is 26.0 Å². The standard InChI is InChI=1S/C34H21N/c35-34-7-3-6-22-10-25-13-28-16-29-14-26-11-23-8-20-4-1-2-5-21(20)9-24(23)12-27(26)15-30(29)17-31(28)18-32(25)19-33(22)34/h1-19H,35H2. The fourth-order valence-electron chi connectivity index (χ4n) is 5.75. The summed E-state index contributed by atoms with van der Waals surface area (Å²) in [7, 11) is 0. The van der Waals surface area contributed by atoms with Crippen LogP contribution in [0.25, 0.3) is 75.4 Å². The summed E-state index contributed by atoms with van der Waals surface area (Å²) in [5.41, 5.74) is 7.09. The van der Waals surface area contributed by atoms with E-state index in [1.165, 1.54) is 70.0 Å². The molecule has 8 rings (SSSR count). The summed E-state index contributed by atoms with van der Waals surface area (Å²) in [6.45, 7) is 0. The molecular formula is C34H21N. The Morgan fingerprint density at radius 3 is 1.03 bits per heavy atom. The minimum Gasteiger partial charge on any atom is -0.398 e. The lowest BCUT2D eigenvalue weighted by atomic mass is 9.94. The van der Waals surface area contributed by atoms with Gasteiger partial charge in [-0.25, -0.2) is 0 Å². The average Bonchev–Trinajstić information content (AvgIpc) is 2.86. The second kappa shape index (κ2) is 6.71. The summed E-state index contributed by atoms with van der Waals surface area (Å²) >= 11 is 0. The van der Waals surface area contributed by atoms with Gasteiger partial charge >= 0.3 is 0 Å². The van der Waals surface area contributed by atoms with E-state index in [1.807, 2.05) is 12.1 Å². The number of fused-ring (bicyclic) bond motifs is 7. The monoisotopic (exact) mass is 443 g/mol. The van der Waals surface area contributed by atoms with Crippen molar-refractivity contribution in [3.63, 3.8) is 0 Å². The number of nitrogens with two attached hydrogens (primary N) is 1. The molecule has 0 unspecified atom stereocenters. The number of hydrogen-bond acceptors (Lipinski definition) is 1. The van der Waals surface area contributed by atoms with Crippen molar-refractivity contribution in [2.75, 3.05) is 5.73 Å². The maximum Gasteiger partial charge on any atom is 0.0393 e. The van der Waals surface area contributed by atoms with E-state index in [4.69, 9.17) is 5.73 Å². The van der Waals surface area contributed by atoms with Gasteiger partial charge in [0, 0.05) is 11.1 Å². The maximum atomic E-state index is 6.26. The highest BCUT2D eigenvalue weighted by atomic mass is 14.5. The Morgan fingerprint density at radius 1 is 0.286 bits per heavy atom. The van der Waals surface area contributed by atoms with Gasteiger partial charge in [-0.15, -0.1) is 0 Å². The van der Waals surface area contributed by atoms with Crippen LogP contribution < -0.4 is 5.73 Å². The second-order valence-corrected chi connectivity index (χ2v) is 9.76. The van der Waals surface area contributed by atoms with Gasteiger partial charge in [0.2, 0.25) is 0 Å². The van der Waals surface area contributed by atoms with Gasteiger partial charge in [0.1, 0.15) is 0 Å². The molecule has 8 aromatic carbocycles. The van der Waals surface area contributed by atoms with Crippen molar-refractivity contribution in [3.8, 4) is 0 Å². The van der Waals surface area contributed by atoms with E-state index in [-0.39, 0.29) is 0 Å². The minimum absolute atomic E-state index is 0.828. The van der Waals surface area contributed by atoms with Crippen LogP contribution in [0.15, 0.2) is 115 Å². The van der Waals surface area contributed by atoms with Gasteiger partial charge in [-0.2, -0.15) is 0 Å². The molecule has 8 aromatic rings. The normalized spacial score (nSPS) is 12.1. The van der Waals surface area contributed by atoms with Gasteiger partial charge in [0.25, 0.3) is 0 Å². The third-order valence-electron chi connectivity index (χ3n) is 7.56. The lowest BCUT2D eigenvalue weighted by Crippen LogP contribution is -1.87. The largest absolute Gasteiger partial charge is 0.398 e. The summed E-state index contributed by atoms with van der Waals surface area (Å²) in [5.74, 6) is 0. The van der Waals surface area contributed by atoms with E-state index in [9.17, 15) is 0 Å². The zero-order chi connectivity index (χ0) is 23.1. The lowest BCUT2D eigenvalue weighted by molar-refractivity contribution is 1.76. The number of benzene rings is 8. The summed E-state index contributed by atoms with van der Waals surface area (Å²) in [6.07, 6.45) is 0. The molecule has 0 amide bonds. The smallest absolute Gasteiger partial charge is 0.0393 e. The minimum atomic E-state index is 0.828. The van der Waals surface area contributed by atoms with E-state index in [0.29, 0.717) is 0 Å². The summed E-state index contributed by atoms with van der Waals surface area (Å²) in [6, 6.07) is 42.4. The number of rotatable bonds is 0. The summed E-state index contributed by atoms with van der Waals surface area (Å²) in [4.78, 5) is 0. The van der Waals surface area contributed by atoms with Crippen molar-refractivity contribution in [1.82, 2.24) is 0 Å². The molecule has 1 heteroatoms. The molecule has 162 valence electrons. The van der Waals surface area contributed by atoms with Crippen LogP contribution in [0.2, 0.25) is 0 Å². The van der Waals surface area contributed by atoms with Crippen molar-refractivity contribution in [3.05, 3.63) is 115 Å². The third-order valence-corrected chi connectivity index (χ3v) is 7.56. The first-order chi connectivity index (χ1) is 17.2. The molecule has 0 atom stereocenters. The van der Waals surface area contributed by atoms with Gasteiger partial charge in [-0.1, -0.05) is 36.4 Å². The fourth-order valence-corrected chi connectivity index (χ4v) is 5.75. The molecule has 0 aliphatic rings. The number of anilines is 1. The van der Waals surface area contributed by atoms with Crippen LogP contribution in [-0.4, -0.2) is 0 Å². The SMILES string of the molecule is Nc1cccc2cc3cc4cc5cc6cc7cc8ccccc8cc7cc6cc5cc4cc3cc12. The number of hydrogen-bond donors (Lipinski definition) is 1. The molecule has 0 fully saturated rings. The van der Waals surface area contributed by atoms with Crippen molar-refractivity contribution < 1.29 is 0 Å². The zero-order valence-corrected chi connectivity index (χ0v) is 19.0. The van der Waals surface area contributed by atoms with Crippen molar-refractivity contribution in [1.29, 1.82) is 0 Å². The third kappa shape index (κ3) is 2.82. The van der Waals surface area contributed by atoms with E-state index in [0.717, 1.165) is 11.1 Å². The first-order valence-corrected chi connectivity index (χ1v) is 12.0. The van der Waals surface area contributed by atoms with Crippen LogP contribution in [0.1, 0.15) is 0 Å². The Bertz CT molecular complexity index is 2170. The van der Waals surface area contributed by atoms with Crippen LogP contribution in [0, 0.1) is 0 Å². The quantitative estimate of drug-likeness (QED) is 0.183. The molecule has 0 radical (unpaired) electrons. The van der Waals surface area contributed by atoms with Gasteiger partial charge in [0.15, 0.2) is 0 Å². The van der Waals surface area contributed by atoms with E-state index in [1.54, 1.807) is 0 Å². The summed E-state index contributed by atoms with van der Waals surface area (Å²) in [5, 5.41) is 17.5. The predicted molar refractivity (Wildman–Crippen MR) is 153 cm³/mol. The molecule has 0 aliphatic heterocycles. The van der Waals surface area contributed by atoms with Gasteiger partial charge in [-0.05, 0) is 149 Å². The zero-order valence-electron chi connectivity index (χ0n) is 19.0. The second-order valence-electron chi connectivity index (χ2n) is 9.76. The molecule has 0 spiro atoms. The Balaban J connectivity index is 1.40. The number of nitrogen functional groups attached to an aromatic ring is 1. The predicted octanol–water partition coefficient (Wildman–Crippen LogP) is 9.34. The molecule has 0 aromatic heterocycles. The van der Waals surface area contributed by atoms with Gasteiger partial charge in [-0.3, -0.25) is 0 Å². The molecule has 0 saturated carbocycles. The Hall–Kier alpha value is -4.62. The highest BCUT2D eigenvalue weighted by molar-refractivity contribution is 6.13. The summed E-state index contributed by atoms with van der Waals surface area (Å²) < 4.78 is 0. The Kier molecular flexibility index (Phi) is 3.60. The highest BCUT2D eigenvalue weighted by Gasteiger charge is 2.07. The van der Waals surface area contributed by atoms with Gasteiger partial charge < -0.3 is 5.73 Å². The highest BCUT2D eigenvalue weighted by Crippen LogP contribution is 2.34. The van der Waals surface area contributed by atoms with Crippen LogP contribution in [-0.2, 0) is 0 Å². The van der Waals surface area contributed by atoms with Crippen LogP contribution in [0.3, 0.4) is 0 Å². The maximum absolute atomic E-state index is 6.26. The first kappa shape index (κ1) is 18.8. The molecule has 35 heavy (non-hydrogen) atoms. The lowest BCUT2D eigenvalue weighted by Gasteiger charge is -2.10. The molecule has 0 saturated heterocycles. The van der Waals surface area contributed by atoms with Crippen LogP contribution >= 0.6 is 0 Å². The molecule has 0 aliphatic carbocycles. The molecular weight excluding hydrogens is 422 g/mol. The van der Waals surface area contributed by atoms with Crippen LogP contribution in [0.4, 0.5) is 5.69 Å². The van der Waals surface area contributed by atoms with Gasteiger partial charge in [0.05, 0.1) is 0 Å². The van der Waals surface area contributed by atoms with E-state index < -0.39 is 0 Å². The Labute approximate surface area is 202 Å². The van der Waals surface area contributed by atoms with Crippen molar-refractivity contribution in [2.24, 2.45) is 0 Å². The van der Waals surface area contributed by atoms with Crippen molar-refractivity contribution >= 4 is 81.1 Å². The molecule has 0 heterocycles. The first-order valence-electron chi connectivity index (χ1n) is 12.0. The van der Waals surface area contributed by atoms with Crippen LogP contribution in [0.5, 0.6) is 0 Å². The fraction of sp³-hybridized carbons (Fsp3) is 0. The van der Waals surface area contributed by atoms with E-state index >= 15 is 0 Å². The molecule has 2 N–H and O–H groups in total. The Morgan fingerprint density at radius 2 is 0.600 bits per heavy atom.